The summed E-state index contributed by atoms with van der Waals surface area (Å²) in [5, 5.41) is 1.18. The highest BCUT2D eigenvalue weighted by Crippen LogP contribution is 2.24. The maximum atomic E-state index is 13.3. The van der Waals surface area contributed by atoms with Crippen LogP contribution in [0.5, 0.6) is 5.75 Å². The summed E-state index contributed by atoms with van der Waals surface area (Å²) in [6.07, 6.45) is 3.65. The van der Waals surface area contributed by atoms with E-state index >= 15 is 0 Å². The number of hydrogen-bond acceptors (Lipinski definition) is 3. The Morgan fingerprint density at radius 3 is 2.46 bits per heavy atom. The molecule has 5 heteroatoms. The molecule has 0 aliphatic heterocycles. The molecule has 0 bridgehead atoms. The Labute approximate surface area is 167 Å². The topological polar surface area (TPSA) is 44.1 Å². The monoisotopic (exact) mass is 388 g/mol. The van der Waals surface area contributed by atoms with Crippen molar-refractivity contribution in [1.82, 2.24) is 9.55 Å². The van der Waals surface area contributed by atoms with Gasteiger partial charge in [0.15, 0.2) is 0 Å². The molecule has 0 unspecified atom stereocenters. The second kappa shape index (κ2) is 7.71. The molecule has 28 heavy (non-hydrogen) atoms. The van der Waals surface area contributed by atoms with E-state index in [-0.39, 0.29) is 5.56 Å². The standard InChI is InChI=1S/C23H17ClN2O2/c1-28-21-13-7-6-12-20(21)26-22(15-14-16-8-2-4-10-18(16)24)25-19-11-5-3-9-17(19)23(26)27/h2-15H,1H3/b15-14-. The molecular weight excluding hydrogens is 372 g/mol. The fourth-order valence-electron chi connectivity index (χ4n) is 3.08. The molecule has 138 valence electrons. The number of fused-ring (bicyclic) bond motifs is 1. The third-order valence-corrected chi connectivity index (χ3v) is 4.79. The van der Waals surface area contributed by atoms with Crippen LogP contribution in [-0.2, 0) is 0 Å². The molecule has 0 N–H and O–H groups in total. The Balaban J connectivity index is 1.99. The molecule has 4 nitrogen and oxygen atoms in total. The highest BCUT2D eigenvalue weighted by atomic mass is 35.5. The molecule has 0 spiro atoms. The van der Waals surface area contributed by atoms with Gasteiger partial charge in [0.05, 0.1) is 23.7 Å². The van der Waals surface area contributed by atoms with Gasteiger partial charge in [-0.25, -0.2) is 4.98 Å². The zero-order valence-electron chi connectivity index (χ0n) is 15.2. The van der Waals surface area contributed by atoms with Gasteiger partial charge in [-0.05, 0) is 48.0 Å². The van der Waals surface area contributed by atoms with Crippen LogP contribution in [0.4, 0.5) is 0 Å². The molecule has 1 aromatic heterocycles. The predicted octanol–water partition coefficient (Wildman–Crippen LogP) is 5.22. The number of ether oxygens (including phenoxy) is 1. The molecule has 3 aromatic carbocycles. The van der Waals surface area contributed by atoms with Crippen LogP contribution in [0, 0.1) is 0 Å². The van der Waals surface area contributed by atoms with Gasteiger partial charge in [0.25, 0.3) is 5.56 Å². The quantitative estimate of drug-likeness (QED) is 0.481. The Kier molecular flexibility index (Phi) is 4.96. The minimum atomic E-state index is -0.158. The average molecular weight is 389 g/mol. The first-order valence-electron chi connectivity index (χ1n) is 8.77. The summed E-state index contributed by atoms with van der Waals surface area (Å²) in [6.45, 7) is 0. The van der Waals surface area contributed by atoms with Crippen molar-refractivity contribution in [3.8, 4) is 11.4 Å². The van der Waals surface area contributed by atoms with Crippen molar-refractivity contribution in [2.75, 3.05) is 7.11 Å². The SMILES string of the molecule is COc1ccccc1-n1c(/C=C\c2ccccc2Cl)nc2ccccc2c1=O. The third-order valence-electron chi connectivity index (χ3n) is 4.44. The van der Waals surface area contributed by atoms with Gasteiger partial charge in [0.1, 0.15) is 11.6 Å². The third kappa shape index (κ3) is 3.30. The van der Waals surface area contributed by atoms with Crippen LogP contribution in [-0.4, -0.2) is 16.7 Å². The number of para-hydroxylation sites is 3. The number of benzene rings is 3. The van der Waals surface area contributed by atoms with E-state index in [4.69, 9.17) is 21.3 Å². The summed E-state index contributed by atoms with van der Waals surface area (Å²) in [4.78, 5) is 18.0. The van der Waals surface area contributed by atoms with Gasteiger partial charge in [0.2, 0.25) is 0 Å². The van der Waals surface area contributed by atoms with Crippen LogP contribution in [0.25, 0.3) is 28.7 Å². The molecule has 0 aliphatic rings. The number of nitrogens with zero attached hydrogens (tertiary/aromatic N) is 2. The van der Waals surface area contributed by atoms with Crippen molar-refractivity contribution < 1.29 is 4.74 Å². The van der Waals surface area contributed by atoms with Gasteiger partial charge in [0, 0.05) is 5.02 Å². The molecule has 4 rings (SSSR count). The number of rotatable bonds is 4. The first-order chi connectivity index (χ1) is 13.7. The van der Waals surface area contributed by atoms with E-state index in [1.54, 1.807) is 23.8 Å². The summed E-state index contributed by atoms with van der Waals surface area (Å²) in [7, 11) is 1.58. The van der Waals surface area contributed by atoms with E-state index in [1.165, 1.54) is 0 Å². The predicted molar refractivity (Wildman–Crippen MR) is 114 cm³/mol. The lowest BCUT2D eigenvalue weighted by molar-refractivity contribution is 0.412. The Hall–Kier alpha value is -3.37. The van der Waals surface area contributed by atoms with Crippen molar-refractivity contribution in [2.24, 2.45) is 0 Å². The van der Waals surface area contributed by atoms with Gasteiger partial charge in [-0.3, -0.25) is 9.36 Å². The zero-order valence-corrected chi connectivity index (χ0v) is 15.9. The summed E-state index contributed by atoms with van der Waals surface area (Å²) < 4.78 is 7.03. The lowest BCUT2D eigenvalue weighted by Gasteiger charge is -2.14. The second-order valence-electron chi connectivity index (χ2n) is 6.15. The maximum absolute atomic E-state index is 13.3. The summed E-state index contributed by atoms with van der Waals surface area (Å²) in [6, 6.07) is 22.2. The Morgan fingerprint density at radius 2 is 1.64 bits per heavy atom. The van der Waals surface area contributed by atoms with Crippen LogP contribution in [0.15, 0.2) is 77.6 Å². The fourth-order valence-corrected chi connectivity index (χ4v) is 3.28. The highest BCUT2D eigenvalue weighted by Gasteiger charge is 2.14. The fraction of sp³-hybridized carbons (Fsp3) is 0.0435. The van der Waals surface area contributed by atoms with E-state index < -0.39 is 0 Å². The van der Waals surface area contributed by atoms with Crippen molar-refractivity contribution >= 4 is 34.7 Å². The van der Waals surface area contributed by atoms with Crippen LogP contribution < -0.4 is 10.3 Å². The Bertz CT molecular complexity index is 1240. The largest absolute Gasteiger partial charge is 0.495 e. The molecule has 0 atom stereocenters. The highest BCUT2D eigenvalue weighted by molar-refractivity contribution is 6.32. The second-order valence-corrected chi connectivity index (χ2v) is 6.56. The molecule has 0 amide bonds. The van der Waals surface area contributed by atoms with E-state index in [0.717, 1.165) is 5.56 Å². The molecule has 4 aromatic rings. The molecule has 0 saturated heterocycles. The van der Waals surface area contributed by atoms with Crippen LogP contribution in [0.1, 0.15) is 11.4 Å². The first-order valence-corrected chi connectivity index (χ1v) is 9.14. The molecule has 0 fully saturated rings. The number of halogens is 1. The lowest BCUT2D eigenvalue weighted by atomic mass is 10.2. The van der Waals surface area contributed by atoms with Gasteiger partial charge >= 0.3 is 0 Å². The summed E-state index contributed by atoms with van der Waals surface area (Å²) >= 11 is 6.26. The van der Waals surface area contributed by atoms with E-state index in [1.807, 2.05) is 72.8 Å². The van der Waals surface area contributed by atoms with Crippen LogP contribution in [0.3, 0.4) is 0 Å². The van der Waals surface area contributed by atoms with Crippen molar-refractivity contribution in [1.29, 1.82) is 0 Å². The van der Waals surface area contributed by atoms with Crippen molar-refractivity contribution in [2.45, 2.75) is 0 Å². The normalized spacial score (nSPS) is 11.2. The minimum Gasteiger partial charge on any atom is -0.495 e. The number of methoxy groups -OCH3 is 1. The molecule has 0 radical (unpaired) electrons. The maximum Gasteiger partial charge on any atom is 0.266 e. The summed E-state index contributed by atoms with van der Waals surface area (Å²) in [5.41, 5.74) is 1.96. The number of aromatic nitrogens is 2. The first kappa shape index (κ1) is 18.0. The van der Waals surface area contributed by atoms with E-state index in [0.29, 0.717) is 33.2 Å². The zero-order chi connectivity index (χ0) is 19.5. The summed E-state index contributed by atoms with van der Waals surface area (Å²) in [5.74, 6) is 1.09. The molecular formula is C23H17ClN2O2. The van der Waals surface area contributed by atoms with Crippen molar-refractivity contribution in [3.05, 3.63) is 99.6 Å². The minimum absolute atomic E-state index is 0.158. The lowest BCUT2D eigenvalue weighted by Crippen LogP contribution is -2.22. The molecule has 1 heterocycles. The van der Waals surface area contributed by atoms with Crippen LogP contribution >= 0.6 is 11.6 Å². The van der Waals surface area contributed by atoms with E-state index in [2.05, 4.69) is 0 Å². The molecule has 0 saturated carbocycles. The van der Waals surface area contributed by atoms with Gasteiger partial charge in [-0.15, -0.1) is 0 Å². The smallest absolute Gasteiger partial charge is 0.266 e. The Morgan fingerprint density at radius 1 is 0.929 bits per heavy atom. The van der Waals surface area contributed by atoms with Crippen LogP contribution in [0.2, 0.25) is 5.02 Å². The average Bonchev–Trinajstić information content (AvgIpc) is 2.73. The number of hydrogen-bond donors (Lipinski definition) is 0. The van der Waals surface area contributed by atoms with Crippen molar-refractivity contribution in [3.63, 3.8) is 0 Å². The van der Waals surface area contributed by atoms with Gasteiger partial charge in [-0.2, -0.15) is 0 Å². The van der Waals surface area contributed by atoms with E-state index in [9.17, 15) is 4.79 Å². The van der Waals surface area contributed by atoms with Gasteiger partial charge in [-0.1, -0.05) is 54.1 Å². The van der Waals surface area contributed by atoms with Gasteiger partial charge < -0.3 is 4.74 Å². The molecule has 0 aliphatic carbocycles.